The van der Waals surface area contributed by atoms with Crippen LogP contribution in [0.2, 0.25) is 0 Å². The van der Waals surface area contributed by atoms with Crippen LogP contribution in [0.15, 0.2) is 0 Å². The zero-order valence-electron chi connectivity index (χ0n) is 11.9. The molecule has 0 aromatic heterocycles. The highest BCUT2D eigenvalue weighted by atomic mass is 16.5. The van der Waals surface area contributed by atoms with E-state index in [1.807, 2.05) is 0 Å². The van der Waals surface area contributed by atoms with Crippen molar-refractivity contribution in [2.24, 2.45) is 5.92 Å². The Kier molecular flexibility index (Phi) is 5.60. The molecule has 0 radical (unpaired) electrons. The second kappa shape index (κ2) is 6.75. The van der Waals surface area contributed by atoms with Gasteiger partial charge in [-0.15, -0.1) is 0 Å². The first-order valence-electron chi connectivity index (χ1n) is 6.76. The van der Waals surface area contributed by atoms with E-state index in [0.717, 1.165) is 19.4 Å². The fourth-order valence-electron chi connectivity index (χ4n) is 2.20. The molecule has 19 heavy (non-hydrogen) atoms. The zero-order chi connectivity index (χ0) is 14.5. The maximum absolute atomic E-state index is 12.1. The van der Waals surface area contributed by atoms with Gasteiger partial charge in [0, 0.05) is 19.7 Å². The monoisotopic (exact) mass is 272 g/mol. The molecule has 110 valence electrons. The van der Waals surface area contributed by atoms with Crippen molar-refractivity contribution >= 4 is 12.0 Å². The summed E-state index contributed by atoms with van der Waals surface area (Å²) in [6, 6.07) is -0.333. The fraction of sp³-hybridized carbons (Fsp3) is 0.846. The van der Waals surface area contributed by atoms with E-state index in [9.17, 15) is 9.59 Å². The number of likely N-dealkylation sites (N-methyl/N-ethyl adjacent to an activating group) is 1. The van der Waals surface area contributed by atoms with Crippen molar-refractivity contribution < 1.29 is 19.4 Å². The fourth-order valence-corrected chi connectivity index (χ4v) is 2.20. The maximum atomic E-state index is 12.1. The maximum Gasteiger partial charge on any atom is 0.329 e. The van der Waals surface area contributed by atoms with Crippen LogP contribution >= 0.6 is 0 Å². The number of carboxylic acids is 1. The number of aliphatic carboxylic acids is 1. The summed E-state index contributed by atoms with van der Waals surface area (Å²) in [7, 11) is 0. The van der Waals surface area contributed by atoms with Crippen molar-refractivity contribution in [3.8, 4) is 0 Å². The summed E-state index contributed by atoms with van der Waals surface area (Å²) >= 11 is 0. The Morgan fingerprint density at radius 2 is 2.16 bits per heavy atom. The summed E-state index contributed by atoms with van der Waals surface area (Å²) in [6.45, 7) is 7.17. The first kappa shape index (κ1) is 15.8. The minimum absolute atomic E-state index is 0.323. The normalized spacial score (nSPS) is 19.8. The van der Waals surface area contributed by atoms with Gasteiger partial charge in [-0.3, -0.25) is 0 Å². The number of carbonyl (C=O) groups is 2. The molecule has 2 N–H and O–H groups in total. The number of amides is 2. The van der Waals surface area contributed by atoms with Crippen LogP contribution in [0.1, 0.15) is 33.6 Å². The van der Waals surface area contributed by atoms with Crippen LogP contribution in [0.25, 0.3) is 0 Å². The van der Waals surface area contributed by atoms with Gasteiger partial charge >= 0.3 is 12.0 Å². The molecule has 0 aliphatic carbocycles. The van der Waals surface area contributed by atoms with Crippen LogP contribution in [0.3, 0.4) is 0 Å². The molecular weight excluding hydrogens is 248 g/mol. The van der Waals surface area contributed by atoms with E-state index in [1.54, 1.807) is 6.92 Å². The van der Waals surface area contributed by atoms with Crippen LogP contribution < -0.4 is 5.32 Å². The van der Waals surface area contributed by atoms with Crippen molar-refractivity contribution in [1.82, 2.24) is 10.2 Å². The molecule has 6 nitrogen and oxygen atoms in total. The van der Waals surface area contributed by atoms with Gasteiger partial charge in [0.05, 0.1) is 6.61 Å². The molecule has 1 atom stereocenters. The largest absolute Gasteiger partial charge is 0.480 e. The van der Waals surface area contributed by atoms with Crippen LogP contribution in [-0.2, 0) is 9.53 Å². The molecule has 2 amide bonds. The van der Waals surface area contributed by atoms with Gasteiger partial charge in [-0.25, -0.2) is 9.59 Å². The quantitative estimate of drug-likeness (QED) is 0.791. The Balaban J connectivity index is 2.52. The Labute approximate surface area is 114 Å². The highest BCUT2D eigenvalue weighted by molar-refractivity contribution is 5.85. The van der Waals surface area contributed by atoms with Gasteiger partial charge in [-0.1, -0.05) is 0 Å². The average Bonchev–Trinajstić information content (AvgIpc) is 2.38. The van der Waals surface area contributed by atoms with Crippen molar-refractivity contribution in [1.29, 1.82) is 0 Å². The average molecular weight is 272 g/mol. The van der Waals surface area contributed by atoms with E-state index in [2.05, 4.69) is 5.32 Å². The molecule has 0 bridgehead atoms. The SMILES string of the molecule is CCN(C(=O)NCC1CCCOC1)C(C)(C)C(=O)O. The van der Waals surface area contributed by atoms with E-state index in [-0.39, 0.29) is 6.03 Å². The third-order valence-corrected chi connectivity index (χ3v) is 3.56. The van der Waals surface area contributed by atoms with E-state index in [0.29, 0.717) is 25.6 Å². The standard InChI is InChI=1S/C13H24N2O4/c1-4-15(13(2,3)11(16)17)12(18)14-8-10-6-5-7-19-9-10/h10H,4-9H2,1-3H3,(H,14,18)(H,16,17). The van der Waals surface area contributed by atoms with Gasteiger partial charge in [0.2, 0.25) is 0 Å². The van der Waals surface area contributed by atoms with E-state index in [1.165, 1.54) is 18.7 Å². The van der Waals surface area contributed by atoms with Gasteiger partial charge in [0.15, 0.2) is 0 Å². The summed E-state index contributed by atoms with van der Waals surface area (Å²) in [6.07, 6.45) is 2.05. The number of ether oxygens (including phenoxy) is 1. The number of nitrogens with one attached hydrogen (secondary N) is 1. The van der Waals surface area contributed by atoms with Gasteiger partial charge in [0.1, 0.15) is 5.54 Å². The third kappa shape index (κ3) is 4.09. The molecule has 0 aromatic carbocycles. The number of carbonyl (C=O) groups excluding carboxylic acids is 1. The number of nitrogens with zero attached hydrogens (tertiary/aromatic N) is 1. The molecule has 1 saturated heterocycles. The predicted molar refractivity (Wildman–Crippen MR) is 71.0 cm³/mol. The topological polar surface area (TPSA) is 78.9 Å². The Bertz CT molecular complexity index is 325. The van der Waals surface area contributed by atoms with E-state index < -0.39 is 11.5 Å². The van der Waals surface area contributed by atoms with Gasteiger partial charge < -0.3 is 20.1 Å². The smallest absolute Gasteiger partial charge is 0.329 e. The second-order valence-electron chi connectivity index (χ2n) is 5.38. The molecule has 0 spiro atoms. The minimum Gasteiger partial charge on any atom is -0.480 e. The predicted octanol–water partition coefficient (Wildman–Crippen LogP) is 1.31. The van der Waals surface area contributed by atoms with Gasteiger partial charge in [-0.2, -0.15) is 0 Å². The third-order valence-electron chi connectivity index (χ3n) is 3.56. The molecule has 0 aromatic rings. The second-order valence-corrected chi connectivity index (χ2v) is 5.38. The lowest BCUT2D eigenvalue weighted by molar-refractivity contribution is -0.147. The Morgan fingerprint density at radius 1 is 1.47 bits per heavy atom. The highest BCUT2D eigenvalue weighted by Crippen LogP contribution is 2.16. The number of hydrogen-bond acceptors (Lipinski definition) is 3. The Hall–Kier alpha value is -1.30. The number of hydrogen-bond donors (Lipinski definition) is 2. The first-order valence-corrected chi connectivity index (χ1v) is 6.76. The molecule has 0 saturated carbocycles. The van der Waals surface area contributed by atoms with Crippen LogP contribution in [-0.4, -0.2) is 53.8 Å². The molecule has 1 rings (SSSR count). The van der Waals surface area contributed by atoms with Crippen molar-refractivity contribution in [2.75, 3.05) is 26.3 Å². The summed E-state index contributed by atoms with van der Waals surface area (Å²) in [5.74, 6) is -0.685. The summed E-state index contributed by atoms with van der Waals surface area (Å²) < 4.78 is 5.35. The summed E-state index contributed by atoms with van der Waals surface area (Å²) in [5.41, 5.74) is -1.21. The molecule has 1 unspecified atom stereocenters. The van der Waals surface area contributed by atoms with Gasteiger partial charge in [0.25, 0.3) is 0 Å². The van der Waals surface area contributed by atoms with Crippen molar-refractivity contribution in [3.05, 3.63) is 0 Å². The lowest BCUT2D eigenvalue weighted by Crippen LogP contribution is -2.56. The van der Waals surface area contributed by atoms with Gasteiger partial charge in [-0.05, 0) is 39.5 Å². The van der Waals surface area contributed by atoms with Crippen molar-refractivity contribution in [2.45, 2.75) is 39.2 Å². The molecular formula is C13H24N2O4. The molecule has 1 aliphatic rings. The lowest BCUT2D eigenvalue weighted by atomic mass is 10.0. The molecule has 1 aliphatic heterocycles. The van der Waals surface area contributed by atoms with Crippen LogP contribution in [0.5, 0.6) is 0 Å². The van der Waals surface area contributed by atoms with Crippen molar-refractivity contribution in [3.63, 3.8) is 0 Å². The minimum atomic E-state index is -1.21. The summed E-state index contributed by atoms with van der Waals surface area (Å²) in [4.78, 5) is 24.6. The number of carboxylic acid groups (broad SMARTS) is 1. The van der Waals surface area contributed by atoms with Crippen LogP contribution in [0.4, 0.5) is 4.79 Å². The Morgan fingerprint density at radius 3 is 2.63 bits per heavy atom. The lowest BCUT2D eigenvalue weighted by Gasteiger charge is -2.34. The number of urea groups is 1. The summed E-state index contributed by atoms with van der Waals surface area (Å²) in [5, 5.41) is 12.0. The zero-order valence-corrected chi connectivity index (χ0v) is 11.9. The highest BCUT2D eigenvalue weighted by Gasteiger charge is 2.36. The molecule has 6 heteroatoms. The van der Waals surface area contributed by atoms with Crippen LogP contribution in [0, 0.1) is 5.92 Å². The molecule has 1 heterocycles. The molecule has 1 fully saturated rings. The number of rotatable bonds is 5. The van der Waals surface area contributed by atoms with E-state index in [4.69, 9.17) is 9.84 Å². The first-order chi connectivity index (χ1) is 8.89. The van der Waals surface area contributed by atoms with E-state index >= 15 is 0 Å².